The van der Waals surface area contributed by atoms with Crippen molar-refractivity contribution in [3.63, 3.8) is 0 Å². The molecule has 0 radical (unpaired) electrons. The molecule has 0 fully saturated rings. The van der Waals surface area contributed by atoms with E-state index in [2.05, 4.69) is 15.3 Å². The summed E-state index contributed by atoms with van der Waals surface area (Å²) in [4.78, 5) is 29.3. The second-order valence-electron chi connectivity index (χ2n) is 4.33. The molecule has 1 aromatic carbocycles. The number of amides is 1. The van der Waals surface area contributed by atoms with Crippen molar-refractivity contribution >= 4 is 12.1 Å². The number of nitrogens with zero attached hydrogens (tertiary/aromatic N) is 1. The Labute approximate surface area is 121 Å². The number of aliphatic carboxylic acids is 1. The molecule has 0 saturated heterocycles. The molecule has 0 bridgehead atoms. The van der Waals surface area contributed by atoms with E-state index in [9.17, 15) is 9.59 Å². The molecule has 110 valence electrons. The molecule has 2 rings (SSSR count). The number of alkyl carbamates (subject to hydrolysis) is 1. The molecule has 7 nitrogen and oxygen atoms in total. The van der Waals surface area contributed by atoms with Gasteiger partial charge >= 0.3 is 12.1 Å². The van der Waals surface area contributed by atoms with Gasteiger partial charge < -0.3 is 20.1 Å². The molecule has 7 heteroatoms. The summed E-state index contributed by atoms with van der Waals surface area (Å²) in [7, 11) is 0. The van der Waals surface area contributed by atoms with Gasteiger partial charge in [0.15, 0.2) is 0 Å². The van der Waals surface area contributed by atoms with Crippen LogP contribution in [0.5, 0.6) is 0 Å². The Hall–Kier alpha value is -2.83. The number of nitrogens with one attached hydrogen (secondary N) is 2. The molecule has 1 amide bonds. The number of aromatic amines is 1. The van der Waals surface area contributed by atoms with Crippen LogP contribution < -0.4 is 5.32 Å². The van der Waals surface area contributed by atoms with Crippen LogP contribution in [0.25, 0.3) is 0 Å². The molecule has 21 heavy (non-hydrogen) atoms. The van der Waals surface area contributed by atoms with Crippen LogP contribution in [0, 0.1) is 0 Å². The van der Waals surface area contributed by atoms with Crippen molar-refractivity contribution in [2.24, 2.45) is 0 Å². The maximum atomic E-state index is 11.7. The van der Waals surface area contributed by atoms with Gasteiger partial charge in [-0.15, -0.1) is 0 Å². The first-order chi connectivity index (χ1) is 10.1. The molecule has 3 N–H and O–H groups in total. The van der Waals surface area contributed by atoms with E-state index in [-0.39, 0.29) is 13.0 Å². The highest BCUT2D eigenvalue weighted by Gasteiger charge is 2.20. The van der Waals surface area contributed by atoms with Crippen LogP contribution in [0.4, 0.5) is 4.79 Å². The van der Waals surface area contributed by atoms with Gasteiger partial charge in [-0.2, -0.15) is 0 Å². The van der Waals surface area contributed by atoms with E-state index in [4.69, 9.17) is 9.84 Å². The highest BCUT2D eigenvalue weighted by molar-refractivity contribution is 5.71. The highest BCUT2D eigenvalue weighted by atomic mass is 16.5. The van der Waals surface area contributed by atoms with Crippen LogP contribution in [0.15, 0.2) is 42.7 Å². The first-order valence-electron chi connectivity index (χ1n) is 6.33. The van der Waals surface area contributed by atoms with Crippen molar-refractivity contribution in [3.05, 3.63) is 54.1 Å². The topological polar surface area (TPSA) is 104 Å². The molecule has 0 saturated carbocycles. The molecule has 1 atom stereocenters. The lowest BCUT2D eigenvalue weighted by atomic mass is 10.2. The normalized spacial score (nSPS) is 11.6. The summed E-state index contributed by atoms with van der Waals surface area (Å²) in [5.74, 6) is -0.672. The number of imidazole rings is 1. The van der Waals surface area contributed by atoms with Crippen molar-refractivity contribution in [1.82, 2.24) is 15.3 Å². The molecular weight excluding hydrogens is 274 g/mol. The summed E-state index contributed by atoms with van der Waals surface area (Å²) in [6, 6.07) is 8.44. The van der Waals surface area contributed by atoms with Crippen LogP contribution >= 0.6 is 0 Å². The van der Waals surface area contributed by atoms with Gasteiger partial charge in [-0.25, -0.2) is 9.78 Å². The molecule has 1 heterocycles. The van der Waals surface area contributed by atoms with Gasteiger partial charge in [-0.05, 0) is 5.56 Å². The minimum atomic E-state index is -1.04. The Balaban J connectivity index is 1.90. The van der Waals surface area contributed by atoms with Crippen molar-refractivity contribution < 1.29 is 19.4 Å². The predicted molar refractivity (Wildman–Crippen MR) is 73.3 cm³/mol. The number of carbonyl (C=O) groups is 2. The molecule has 1 aromatic heterocycles. The van der Waals surface area contributed by atoms with Gasteiger partial charge in [0.25, 0.3) is 0 Å². The number of carboxylic acids is 1. The van der Waals surface area contributed by atoms with E-state index in [0.29, 0.717) is 5.82 Å². The number of rotatable bonds is 6. The fourth-order valence-electron chi connectivity index (χ4n) is 1.77. The Morgan fingerprint density at radius 2 is 2.10 bits per heavy atom. The smallest absolute Gasteiger partial charge is 0.408 e. The average Bonchev–Trinajstić information content (AvgIpc) is 2.99. The largest absolute Gasteiger partial charge is 0.481 e. The number of carbonyl (C=O) groups excluding carboxylic acids is 1. The third-order valence-corrected chi connectivity index (χ3v) is 2.73. The first-order valence-corrected chi connectivity index (χ1v) is 6.33. The van der Waals surface area contributed by atoms with Crippen LogP contribution in [0.3, 0.4) is 0 Å². The zero-order valence-electron chi connectivity index (χ0n) is 11.2. The number of aromatic nitrogens is 2. The average molecular weight is 289 g/mol. The van der Waals surface area contributed by atoms with E-state index >= 15 is 0 Å². The van der Waals surface area contributed by atoms with E-state index in [1.54, 1.807) is 6.20 Å². The lowest BCUT2D eigenvalue weighted by molar-refractivity contribution is -0.137. The maximum absolute atomic E-state index is 11.7. The molecule has 0 spiro atoms. The number of hydrogen-bond donors (Lipinski definition) is 3. The van der Waals surface area contributed by atoms with Crippen molar-refractivity contribution in [1.29, 1.82) is 0 Å². The quantitative estimate of drug-likeness (QED) is 0.752. The Kier molecular flexibility index (Phi) is 4.92. The van der Waals surface area contributed by atoms with Crippen LogP contribution in [-0.2, 0) is 16.1 Å². The number of benzene rings is 1. The van der Waals surface area contributed by atoms with Gasteiger partial charge in [0, 0.05) is 12.4 Å². The number of ether oxygens (including phenoxy) is 1. The van der Waals surface area contributed by atoms with Crippen LogP contribution in [-0.4, -0.2) is 27.1 Å². The standard InChI is InChI=1S/C14H15N3O4/c18-12(19)8-11(13-15-6-7-16-13)17-14(20)21-9-10-4-2-1-3-5-10/h1-7,11H,8-9H2,(H,15,16)(H,17,20)(H,18,19)/t11-/m1/s1. The zero-order valence-corrected chi connectivity index (χ0v) is 11.2. The summed E-state index contributed by atoms with van der Waals surface area (Å²) < 4.78 is 5.05. The van der Waals surface area contributed by atoms with E-state index < -0.39 is 18.1 Å². The molecule has 0 aliphatic rings. The SMILES string of the molecule is O=C(O)C[C@@H](NC(=O)OCc1ccccc1)c1ncc[nH]1. The molecule has 0 aliphatic carbocycles. The van der Waals surface area contributed by atoms with Crippen LogP contribution in [0.1, 0.15) is 23.9 Å². The van der Waals surface area contributed by atoms with Crippen molar-refractivity contribution in [2.75, 3.05) is 0 Å². The minimum Gasteiger partial charge on any atom is -0.481 e. The fourth-order valence-corrected chi connectivity index (χ4v) is 1.77. The molecule has 0 aliphatic heterocycles. The van der Waals surface area contributed by atoms with Gasteiger partial charge in [0.05, 0.1) is 6.42 Å². The van der Waals surface area contributed by atoms with Gasteiger partial charge in [-0.1, -0.05) is 30.3 Å². The van der Waals surface area contributed by atoms with Gasteiger partial charge in [-0.3, -0.25) is 4.79 Å². The Bertz CT molecular complexity index is 584. The summed E-state index contributed by atoms with van der Waals surface area (Å²) in [5, 5.41) is 11.4. The maximum Gasteiger partial charge on any atom is 0.408 e. The highest BCUT2D eigenvalue weighted by Crippen LogP contribution is 2.12. The lowest BCUT2D eigenvalue weighted by Gasteiger charge is -2.14. The van der Waals surface area contributed by atoms with E-state index in [1.807, 2.05) is 30.3 Å². The Morgan fingerprint density at radius 3 is 2.71 bits per heavy atom. The molecule has 2 aromatic rings. The lowest BCUT2D eigenvalue weighted by Crippen LogP contribution is -2.31. The first kappa shape index (κ1) is 14.6. The Morgan fingerprint density at radius 1 is 1.33 bits per heavy atom. The number of hydrogen-bond acceptors (Lipinski definition) is 4. The van der Waals surface area contributed by atoms with Crippen molar-refractivity contribution in [2.45, 2.75) is 19.1 Å². The van der Waals surface area contributed by atoms with Gasteiger partial charge in [0.2, 0.25) is 0 Å². The van der Waals surface area contributed by atoms with E-state index in [0.717, 1.165) is 5.56 Å². The number of H-pyrrole nitrogens is 1. The van der Waals surface area contributed by atoms with Gasteiger partial charge in [0.1, 0.15) is 18.5 Å². The van der Waals surface area contributed by atoms with Crippen LogP contribution in [0.2, 0.25) is 0 Å². The zero-order chi connectivity index (χ0) is 15.1. The number of carboxylic acid groups (broad SMARTS) is 1. The second kappa shape index (κ2) is 7.09. The predicted octanol–water partition coefficient (Wildman–Crippen LogP) is 1.85. The van der Waals surface area contributed by atoms with Crippen molar-refractivity contribution in [3.8, 4) is 0 Å². The molecular formula is C14H15N3O4. The third-order valence-electron chi connectivity index (χ3n) is 2.73. The summed E-state index contributed by atoms with van der Waals surface area (Å²) >= 11 is 0. The summed E-state index contributed by atoms with van der Waals surface area (Å²) in [6.45, 7) is 0.116. The molecule has 0 unspecified atom stereocenters. The second-order valence-corrected chi connectivity index (χ2v) is 4.33. The minimum absolute atomic E-state index is 0.116. The fraction of sp³-hybridized carbons (Fsp3) is 0.214. The summed E-state index contributed by atoms with van der Waals surface area (Å²) in [6.07, 6.45) is 2.07. The monoisotopic (exact) mass is 289 g/mol. The third kappa shape index (κ3) is 4.64. The van der Waals surface area contributed by atoms with E-state index in [1.165, 1.54) is 6.20 Å². The summed E-state index contributed by atoms with van der Waals surface area (Å²) in [5.41, 5.74) is 0.848.